The zero-order valence-corrected chi connectivity index (χ0v) is 10.9. The molecule has 1 aliphatic rings. The third kappa shape index (κ3) is 2.72. The molecule has 1 saturated carbocycles. The summed E-state index contributed by atoms with van der Waals surface area (Å²) in [5, 5.41) is 0. The quantitative estimate of drug-likeness (QED) is 0.824. The van der Waals surface area contributed by atoms with Crippen molar-refractivity contribution in [1.82, 2.24) is 4.98 Å². The van der Waals surface area contributed by atoms with Crippen LogP contribution in [0.4, 0.5) is 11.5 Å². The van der Waals surface area contributed by atoms with E-state index in [-0.39, 0.29) is 5.69 Å². The average Bonchev–Trinajstić information content (AvgIpc) is 3.10. The first-order valence-corrected chi connectivity index (χ1v) is 6.32. The number of carbonyl (C=O) groups is 1. The molecule has 0 aromatic carbocycles. The summed E-state index contributed by atoms with van der Waals surface area (Å²) in [5.41, 5.74) is 12.1. The lowest BCUT2D eigenvalue weighted by Crippen LogP contribution is -2.34. The number of amides is 1. The Morgan fingerprint density at radius 2 is 2.17 bits per heavy atom. The second-order valence-corrected chi connectivity index (χ2v) is 5.16. The molecule has 1 aromatic rings. The second-order valence-electron chi connectivity index (χ2n) is 5.16. The Labute approximate surface area is 107 Å². The maximum absolute atomic E-state index is 11.2. The third-order valence-corrected chi connectivity index (χ3v) is 3.20. The Morgan fingerprint density at radius 1 is 1.50 bits per heavy atom. The van der Waals surface area contributed by atoms with Crippen molar-refractivity contribution in [3.8, 4) is 0 Å². The summed E-state index contributed by atoms with van der Waals surface area (Å²) in [4.78, 5) is 17.6. The molecule has 0 spiro atoms. The number of pyridine rings is 1. The Hall–Kier alpha value is -1.78. The summed E-state index contributed by atoms with van der Waals surface area (Å²) in [5.74, 6) is 0.880. The second kappa shape index (κ2) is 4.84. The van der Waals surface area contributed by atoms with Gasteiger partial charge in [-0.3, -0.25) is 4.79 Å². The molecule has 1 aliphatic carbocycles. The number of rotatable bonds is 5. The normalized spacial score (nSPS) is 14.8. The molecule has 1 heterocycles. The van der Waals surface area contributed by atoms with Gasteiger partial charge in [-0.25, -0.2) is 4.98 Å². The van der Waals surface area contributed by atoms with Crippen LogP contribution in [0.15, 0.2) is 12.1 Å². The lowest BCUT2D eigenvalue weighted by molar-refractivity contribution is 0.0995. The van der Waals surface area contributed by atoms with Crippen molar-refractivity contribution in [3.63, 3.8) is 0 Å². The molecular formula is C13H20N4O. The van der Waals surface area contributed by atoms with Gasteiger partial charge in [-0.1, -0.05) is 0 Å². The van der Waals surface area contributed by atoms with Crippen LogP contribution < -0.4 is 16.4 Å². The minimum absolute atomic E-state index is 0.264. The highest BCUT2D eigenvalue weighted by Gasteiger charge is 2.27. The summed E-state index contributed by atoms with van der Waals surface area (Å²) in [6, 6.07) is 3.56. The highest BCUT2D eigenvalue weighted by Crippen LogP contribution is 2.33. The number of hydrogen-bond acceptors (Lipinski definition) is 4. The molecular weight excluding hydrogens is 228 g/mol. The highest BCUT2D eigenvalue weighted by molar-refractivity contribution is 5.91. The number of primary amides is 1. The maximum Gasteiger partial charge on any atom is 0.267 e. The predicted octanol–water partition coefficient (Wildman–Crippen LogP) is 1.39. The van der Waals surface area contributed by atoms with Crippen LogP contribution >= 0.6 is 0 Å². The van der Waals surface area contributed by atoms with Gasteiger partial charge in [0.05, 0.1) is 5.69 Å². The molecule has 4 N–H and O–H groups in total. The Morgan fingerprint density at radius 3 is 2.67 bits per heavy atom. The van der Waals surface area contributed by atoms with Crippen LogP contribution in [-0.2, 0) is 0 Å². The Bertz CT molecular complexity index is 454. The number of aromatic nitrogens is 1. The Kier molecular flexibility index (Phi) is 3.41. The van der Waals surface area contributed by atoms with Crippen molar-refractivity contribution in [2.45, 2.75) is 32.7 Å². The SMILES string of the molecule is CC(C)N(CC1CC1)c1nc(C(N)=O)ccc1N. The van der Waals surface area contributed by atoms with Crippen molar-refractivity contribution in [2.24, 2.45) is 11.7 Å². The first kappa shape index (κ1) is 12.7. The number of nitrogens with two attached hydrogens (primary N) is 2. The van der Waals surface area contributed by atoms with E-state index in [0.29, 0.717) is 17.5 Å². The minimum Gasteiger partial charge on any atom is -0.396 e. The van der Waals surface area contributed by atoms with Crippen molar-refractivity contribution in [3.05, 3.63) is 17.8 Å². The van der Waals surface area contributed by atoms with Crippen LogP contribution in [0.5, 0.6) is 0 Å². The van der Waals surface area contributed by atoms with Crippen LogP contribution in [0.1, 0.15) is 37.2 Å². The minimum atomic E-state index is -0.522. The van der Waals surface area contributed by atoms with Crippen LogP contribution in [0.25, 0.3) is 0 Å². The number of nitrogens with zero attached hydrogens (tertiary/aromatic N) is 2. The van der Waals surface area contributed by atoms with E-state index in [1.807, 2.05) is 0 Å². The van der Waals surface area contributed by atoms with E-state index in [1.54, 1.807) is 12.1 Å². The van der Waals surface area contributed by atoms with Crippen LogP contribution in [0, 0.1) is 5.92 Å². The highest BCUT2D eigenvalue weighted by atomic mass is 16.1. The number of nitrogen functional groups attached to an aromatic ring is 1. The smallest absolute Gasteiger partial charge is 0.267 e. The summed E-state index contributed by atoms with van der Waals surface area (Å²) in [6.07, 6.45) is 2.53. The van der Waals surface area contributed by atoms with Gasteiger partial charge in [0.2, 0.25) is 0 Å². The van der Waals surface area contributed by atoms with Gasteiger partial charge >= 0.3 is 0 Å². The molecule has 1 amide bonds. The van der Waals surface area contributed by atoms with Crippen LogP contribution in [0.3, 0.4) is 0 Å². The fraction of sp³-hybridized carbons (Fsp3) is 0.538. The van der Waals surface area contributed by atoms with Gasteiger partial charge in [0.15, 0.2) is 5.82 Å². The fourth-order valence-corrected chi connectivity index (χ4v) is 1.95. The monoisotopic (exact) mass is 248 g/mol. The standard InChI is InChI=1S/C13H20N4O/c1-8(2)17(7-9-3-4-9)13-10(14)5-6-11(16-13)12(15)18/h5-6,8-9H,3-4,7,14H2,1-2H3,(H2,15,18). The first-order valence-electron chi connectivity index (χ1n) is 6.32. The fourth-order valence-electron chi connectivity index (χ4n) is 1.95. The van der Waals surface area contributed by atoms with Gasteiger partial charge < -0.3 is 16.4 Å². The zero-order chi connectivity index (χ0) is 13.3. The first-order chi connectivity index (χ1) is 8.49. The van der Waals surface area contributed by atoms with Crippen LogP contribution in [-0.4, -0.2) is 23.5 Å². The maximum atomic E-state index is 11.2. The van der Waals surface area contributed by atoms with Crippen molar-refractivity contribution < 1.29 is 4.79 Å². The molecule has 1 fully saturated rings. The topological polar surface area (TPSA) is 85.2 Å². The van der Waals surface area contributed by atoms with Crippen molar-refractivity contribution in [1.29, 1.82) is 0 Å². The van der Waals surface area contributed by atoms with E-state index in [9.17, 15) is 4.79 Å². The summed E-state index contributed by atoms with van der Waals surface area (Å²) < 4.78 is 0. The summed E-state index contributed by atoms with van der Waals surface area (Å²) >= 11 is 0. The van der Waals surface area contributed by atoms with E-state index in [1.165, 1.54) is 12.8 Å². The molecule has 18 heavy (non-hydrogen) atoms. The number of carbonyl (C=O) groups excluding carboxylic acids is 1. The molecule has 98 valence electrons. The van der Waals surface area contributed by atoms with Crippen LogP contribution in [0.2, 0.25) is 0 Å². The molecule has 2 rings (SSSR count). The lowest BCUT2D eigenvalue weighted by atomic mass is 10.2. The molecule has 0 bridgehead atoms. The third-order valence-electron chi connectivity index (χ3n) is 3.20. The predicted molar refractivity (Wildman–Crippen MR) is 72.4 cm³/mol. The van der Waals surface area contributed by atoms with E-state index in [4.69, 9.17) is 11.5 Å². The average molecular weight is 248 g/mol. The van der Waals surface area contributed by atoms with E-state index in [2.05, 4.69) is 23.7 Å². The van der Waals surface area contributed by atoms with E-state index in [0.717, 1.165) is 12.5 Å². The van der Waals surface area contributed by atoms with E-state index < -0.39 is 5.91 Å². The molecule has 0 aliphatic heterocycles. The van der Waals surface area contributed by atoms with Gasteiger partial charge in [0, 0.05) is 12.6 Å². The molecule has 5 nitrogen and oxygen atoms in total. The van der Waals surface area contributed by atoms with Gasteiger partial charge in [-0.05, 0) is 44.7 Å². The number of hydrogen-bond donors (Lipinski definition) is 2. The molecule has 0 atom stereocenters. The summed E-state index contributed by atoms with van der Waals surface area (Å²) in [6.45, 7) is 5.14. The van der Waals surface area contributed by atoms with Gasteiger partial charge in [0.1, 0.15) is 5.69 Å². The molecule has 5 heteroatoms. The summed E-state index contributed by atoms with van der Waals surface area (Å²) in [7, 11) is 0. The van der Waals surface area contributed by atoms with Gasteiger partial charge in [0.25, 0.3) is 5.91 Å². The van der Waals surface area contributed by atoms with E-state index >= 15 is 0 Å². The van der Waals surface area contributed by atoms with Crippen molar-refractivity contribution in [2.75, 3.05) is 17.2 Å². The largest absolute Gasteiger partial charge is 0.396 e. The molecule has 0 unspecified atom stereocenters. The Balaban J connectivity index is 2.32. The lowest BCUT2D eigenvalue weighted by Gasteiger charge is -2.29. The van der Waals surface area contributed by atoms with Gasteiger partial charge in [-0.2, -0.15) is 0 Å². The molecule has 1 aromatic heterocycles. The molecule has 0 radical (unpaired) electrons. The van der Waals surface area contributed by atoms with Crippen molar-refractivity contribution >= 4 is 17.4 Å². The van der Waals surface area contributed by atoms with Gasteiger partial charge in [-0.15, -0.1) is 0 Å². The number of anilines is 2. The molecule has 0 saturated heterocycles. The zero-order valence-electron chi connectivity index (χ0n) is 10.9.